The SMILES string of the molecule is CN(c1cccc(F)c1)S(=O)(=O)c1c[nH]c(=O)c(Cl)c1. The van der Waals surface area contributed by atoms with Gasteiger partial charge in [0.15, 0.2) is 0 Å². The fourth-order valence-electron chi connectivity index (χ4n) is 1.56. The summed E-state index contributed by atoms with van der Waals surface area (Å²) in [6.45, 7) is 0. The van der Waals surface area contributed by atoms with Crippen molar-refractivity contribution in [2.45, 2.75) is 4.90 Å². The van der Waals surface area contributed by atoms with Crippen molar-refractivity contribution in [3.8, 4) is 0 Å². The zero-order valence-electron chi connectivity index (χ0n) is 10.3. The van der Waals surface area contributed by atoms with Crippen LogP contribution in [0.2, 0.25) is 5.02 Å². The molecule has 2 aromatic rings. The van der Waals surface area contributed by atoms with Gasteiger partial charge in [0.05, 0.1) is 5.69 Å². The molecule has 0 fully saturated rings. The lowest BCUT2D eigenvalue weighted by atomic mass is 10.3. The zero-order chi connectivity index (χ0) is 14.9. The average Bonchev–Trinajstić information content (AvgIpc) is 2.40. The lowest BCUT2D eigenvalue weighted by Crippen LogP contribution is -2.27. The first-order valence-electron chi connectivity index (χ1n) is 5.45. The van der Waals surface area contributed by atoms with E-state index in [0.29, 0.717) is 0 Å². The summed E-state index contributed by atoms with van der Waals surface area (Å²) >= 11 is 5.61. The molecule has 106 valence electrons. The van der Waals surface area contributed by atoms with Crippen LogP contribution in [-0.2, 0) is 10.0 Å². The summed E-state index contributed by atoms with van der Waals surface area (Å²) in [5, 5.41) is -0.237. The Hall–Kier alpha value is -1.86. The summed E-state index contributed by atoms with van der Waals surface area (Å²) in [7, 11) is -2.66. The first-order chi connectivity index (χ1) is 9.32. The molecule has 0 bridgehead atoms. The van der Waals surface area contributed by atoms with E-state index in [0.717, 1.165) is 22.6 Å². The van der Waals surface area contributed by atoms with Crippen LogP contribution in [0.25, 0.3) is 0 Å². The number of halogens is 2. The van der Waals surface area contributed by atoms with Crippen molar-refractivity contribution >= 4 is 27.3 Å². The third-order valence-corrected chi connectivity index (χ3v) is 4.71. The molecule has 0 aliphatic rings. The second kappa shape index (κ2) is 5.26. The van der Waals surface area contributed by atoms with Gasteiger partial charge in [0.1, 0.15) is 15.7 Å². The maximum atomic E-state index is 13.1. The van der Waals surface area contributed by atoms with Crippen LogP contribution in [-0.4, -0.2) is 20.4 Å². The maximum Gasteiger partial charge on any atom is 0.266 e. The van der Waals surface area contributed by atoms with Crippen LogP contribution in [0.3, 0.4) is 0 Å². The van der Waals surface area contributed by atoms with Gasteiger partial charge in [0, 0.05) is 13.2 Å². The lowest BCUT2D eigenvalue weighted by Gasteiger charge is -2.19. The van der Waals surface area contributed by atoms with Crippen LogP contribution in [0.15, 0.2) is 46.2 Å². The van der Waals surface area contributed by atoms with Crippen molar-refractivity contribution in [1.29, 1.82) is 0 Å². The van der Waals surface area contributed by atoms with E-state index >= 15 is 0 Å². The van der Waals surface area contributed by atoms with Crippen molar-refractivity contribution in [1.82, 2.24) is 4.98 Å². The number of H-pyrrole nitrogens is 1. The fraction of sp³-hybridized carbons (Fsp3) is 0.0833. The van der Waals surface area contributed by atoms with Gasteiger partial charge in [0.2, 0.25) is 0 Å². The topological polar surface area (TPSA) is 70.2 Å². The molecule has 1 heterocycles. The van der Waals surface area contributed by atoms with Gasteiger partial charge in [-0.25, -0.2) is 12.8 Å². The summed E-state index contributed by atoms with van der Waals surface area (Å²) in [5.74, 6) is -0.552. The van der Waals surface area contributed by atoms with Crippen LogP contribution in [0.5, 0.6) is 0 Å². The molecule has 8 heteroatoms. The molecule has 0 unspecified atom stereocenters. The number of aromatic nitrogens is 1. The maximum absolute atomic E-state index is 13.1. The number of nitrogens with zero attached hydrogens (tertiary/aromatic N) is 1. The Morgan fingerprint density at radius 1 is 1.30 bits per heavy atom. The molecule has 0 aliphatic heterocycles. The van der Waals surface area contributed by atoms with Gasteiger partial charge in [-0.3, -0.25) is 9.10 Å². The molecular formula is C12H10ClFN2O3S. The van der Waals surface area contributed by atoms with E-state index in [-0.39, 0.29) is 15.6 Å². The number of hydrogen-bond acceptors (Lipinski definition) is 3. The van der Waals surface area contributed by atoms with Gasteiger partial charge >= 0.3 is 0 Å². The van der Waals surface area contributed by atoms with Gasteiger partial charge in [-0.15, -0.1) is 0 Å². The fourth-order valence-corrected chi connectivity index (χ4v) is 2.97. The number of anilines is 1. The summed E-state index contributed by atoms with van der Waals surface area (Å²) in [5.41, 5.74) is -0.425. The second-order valence-electron chi connectivity index (χ2n) is 3.96. The van der Waals surface area contributed by atoms with E-state index in [1.165, 1.54) is 25.2 Å². The molecule has 0 spiro atoms. The molecule has 5 nitrogen and oxygen atoms in total. The normalized spacial score (nSPS) is 11.3. The number of aromatic amines is 1. The van der Waals surface area contributed by atoms with E-state index in [1.807, 2.05) is 0 Å². The minimum atomic E-state index is -3.94. The number of rotatable bonds is 3. The van der Waals surface area contributed by atoms with Gasteiger partial charge in [-0.1, -0.05) is 17.7 Å². The number of benzene rings is 1. The van der Waals surface area contributed by atoms with Crippen molar-refractivity contribution in [2.75, 3.05) is 11.4 Å². The van der Waals surface area contributed by atoms with E-state index < -0.39 is 21.4 Å². The Balaban J connectivity index is 2.49. The van der Waals surface area contributed by atoms with Crippen LogP contribution in [0.4, 0.5) is 10.1 Å². The van der Waals surface area contributed by atoms with Gasteiger partial charge in [-0.2, -0.15) is 0 Å². The Kier molecular flexibility index (Phi) is 3.82. The zero-order valence-corrected chi connectivity index (χ0v) is 11.9. The van der Waals surface area contributed by atoms with Crippen LogP contribution in [0.1, 0.15) is 0 Å². The van der Waals surface area contributed by atoms with Crippen molar-refractivity contribution < 1.29 is 12.8 Å². The van der Waals surface area contributed by atoms with Crippen molar-refractivity contribution in [3.63, 3.8) is 0 Å². The molecule has 0 saturated heterocycles. The van der Waals surface area contributed by atoms with Crippen molar-refractivity contribution in [2.24, 2.45) is 0 Å². The van der Waals surface area contributed by atoms with Crippen LogP contribution in [0, 0.1) is 5.82 Å². The van der Waals surface area contributed by atoms with Gasteiger partial charge < -0.3 is 4.98 Å². The summed E-state index contributed by atoms with van der Waals surface area (Å²) in [4.78, 5) is 13.2. The predicted octanol–water partition coefficient (Wildman–Crippen LogP) is 1.99. The molecule has 0 amide bonds. The number of pyridine rings is 1. The molecule has 1 aromatic carbocycles. The Morgan fingerprint density at radius 3 is 2.60 bits per heavy atom. The highest BCUT2D eigenvalue weighted by Gasteiger charge is 2.22. The number of nitrogens with one attached hydrogen (secondary N) is 1. The smallest absolute Gasteiger partial charge is 0.266 e. The van der Waals surface area contributed by atoms with E-state index in [1.54, 1.807) is 0 Å². The third-order valence-electron chi connectivity index (χ3n) is 2.66. The number of sulfonamides is 1. The highest BCUT2D eigenvalue weighted by molar-refractivity contribution is 7.92. The Labute approximate surface area is 119 Å². The minimum Gasteiger partial charge on any atom is -0.326 e. The molecule has 1 N–H and O–H groups in total. The first kappa shape index (κ1) is 14.5. The first-order valence-corrected chi connectivity index (χ1v) is 7.27. The van der Waals surface area contributed by atoms with E-state index in [4.69, 9.17) is 11.6 Å². The largest absolute Gasteiger partial charge is 0.326 e. The average molecular weight is 317 g/mol. The van der Waals surface area contributed by atoms with E-state index in [9.17, 15) is 17.6 Å². The molecule has 0 radical (unpaired) electrons. The van der Waals surface area contributed by atoms with Crippen molar-refractivity contribution in [3.05, 3.63) is 57.7 Å². The highest BCUT2D eigenvalue weighted by Crippen LogP contribution is 2.22. The molecular weight excluding hydrogens is 307 g/mol. The molecule has 1 aromatic heterocycles. The lowest BCUT2D eigenvalue weighted by molar-refractivity contribution is 0.593. The number of hydrogen-bond donors (Lipinski definition) is 1. The Morgan fingerprint density at radius 2 is 2.00 bits per heavy atom. The molecule has 0 atom stereocenters. The molecule has 20 heavy (non-hydrogen) atoms. The molecule has 0 saturated carbocycles. The summed E-state index contributed by atoms with van der Waals surface area (Å²) in [6.07, 6.45) is 1.04. The monoisotopic (exact) mass is 316 g/mol. The second-order valence-corrected chi connectivity index (χ2v) is 6.34. The molecule has 2 rings (SSSR count). The quantitative estimate of drug-likeness (QED) is 0.941. The Bertz CT molecular complexity index is 804. The summed E-state index contributed by atoms with van der Waals surface area (Å²) < 4.78 is 38.7. The van der Waals surface area contributed by atoms with Crippen LogP contribution < -0.4 is 9.86 Å². The molecule has 0 aliphatic carbocycles. The predicted molar refractivity (Wildman–Crippen MR) is 74.1 cm³/mol. The standard InChI is InChI=1S/C12H10ClFN2O3S/c1-16(9-4-2-3-8(14)5-9)20(18,19)10-6-11(13)12(17)15-7-10/h2-7H,1H3,(H,15,17). The summed E-state index contributed by atoms with van der Waals surface area (Å²) in [6, 6.07) is 6.20. The van der Waals surface area contributed by atoms with Gasteiger partial charge in [-0.05, 0) is 24.3 Å². The van der Waals surface area contributed by atoms with Gasteiger partial charge in [0.25, 0.3) is 15.6 Å². The van der Waals surface area contributed by atoms with Crippen LogP contribution >= 0.6 is 11.6 Å². The van der Waals surface area contributed by atoms with E-state index in [2.05, 4.69) is 4.98 Å². The highest BCUT2D eigenvalue weighted by atomic mass is 35.5. The minimum absolute atomic E-state index is 0.160. The third kappa shape index (κ3) is 2.68.